The van der Waals surface area contributed by atoms with Gasteiger partial charge >= 0.3 is 0 Å². The quantitative estimate of drug-likeness (QED) is 0.691. The van der Waals surface area contributed by atoms with Crippen LogP contribution in [0.2, 0.25) is 10.0 Å². The molecule has 0 heterocycles. The van der Waals surface area contributed by atoms with E-state index in [4.69, 9.17) is 23.2 Å². The Balaban J connectivity index is 2.25. The maximum Gasteiger partial charge on any atom is 0.0595 e. The number of hydrogen-bond acceptors (Lipinski definition) is 0. The van der Waals surface area contributed by atoms with Gasteiger partial charge in [-0.05, 0) is 48.8 Å². The topological polar surface area (TPSA) is 0 Å². The minimum atomic E-state index is 0.654. The first-order valence-electron chi connectivity index (χ1n) is 5.17. The average Bonchev–Trinajstić information content (AvgIpc) is 2.96. The maximum absolute atomic E-state index is 6.01. The lowest BCUT2D eigenvalue weighted by molar-refractivity contribution is 0.587. The number of rotatable bonds is 3. The van der Waals surface area contributed by atoms with Gasteiger partial charge in [-0.1, -0.05) is 36.2 Å². The highest BCUT2D eigenvalue weighted by Gasteiger charge is 2.30. The van der Waals surface area contributed by atoms with Gasteiger partial charge in [0.2, 0.25) is 0 Å². The van der Waals surface area contributed by atoms with Crippen LogP contribution < -0.4 is 0 Å². The predicted molar refractivity (Wildman–Crippen MR) is 62.2 cm³/mol. The molecule has 0 N–H and O–H groups in total. The van der Waals surface area contributed by atoms with Crippen molar-refractivity contribution in [3.05, 3.63) is 33.8 Å². The lowest BCUT2D eigenvalue weighted by atomic mass is 9.92. The van der Waals surface area contributed by atoms with E-state index < -0.39 is 0 Å². The Labute approximate surface area is 95.2 Å². The molecule has 2 rings (SSSR count). The van der Waals surface area contributed by atoms with Crippen LogP contribution >= 0.6 is 23.2 Å². The Morgan fingerprint density at radius 3 is 2.50 bits per heavy atom. The Hall–Kier alpha value is -0.200. The van der Waals surface area contributed by atoms with Crippen molar-refractivity contribution in [1.82, 2.24) is 0 Å². The zero-order valence-electron chi connectivity index (χ0n) is 8.26. The van der Waals surface area contributed by atoms with Crippen molar-refractivity contribution in [3.8, 4) is 0 Å². The molecule has 1 aromatic rings. The smallest absolute Gasteiger partial charge is 0.0595 e. The van der Waals surface area contributed by atoms with Crippen molar-refractivity contribution < 1.29 is 0 Å². The maximum atomic E-state index is 6.01. The van der Waals surface area contributed by atoms with E-state index in [1.165, 1.54) is 24.8 Å². The lowest BCUT2D eigenvalue weighted by Gasteiger charge is -2.14. The van der Waals surface area contributed by atoms with Crippen LogP contribution in [0.4, 0.5) is 0 Å². The average molecular weight is 229 g/mol. The first kappa shape index (κ1) is 10.3. The first-order chi connectivity index (χ1) is 6.72. The van der Waals surface area contributed by atoms with Crippen LogP contribution in [0.15, 0.2) is 18.2 Å². The van der Waals surface area contributed by atoms with Gasteiger partial charge in [-0.3, -0.25) is 0 Å². The van der Waals surface area contributed by atoms with Crippen molar-refractivity contribution in [2.45, 2.75) is 32.1 Å². The molecule has 1 aliphatic carbocycles. The van der Waals surface area contributed by atoms with E-state index in [1.807, 2.05) is 12.1 Å². The molecule has 0 amide bonds. The van der Waals surface area contributed by atoms with Crippen molar-refractivity contribution in [2.24, 2.45) is 5.92 Å². The van der Waals surface area contributed by atoms with Gasteiger partial charge in [0.25, 0.3) is 0 Å². The van der Waals surface area contributed by atoms with E-state index in [9.17, 15) is 0 Å². The molecule has 1 aliphatic rings. The fourth-order valence-electron chi connectivity index (χ4n) is 2.08. The van der Waals surface area contributed by atoms with E-state index in [0.29, 0.717) is 16.0 Å². The summed E-state index contributed by atoms with van der Waals surface area (Å²) in [6.07, 6.45) is 3.94. The van der Waals surface area contributed by atoms with E-state index in [0.717, 1.165) is 5.92 Å². The Morgan fingerprint density at radius 1 is 1.29 bits per heavy atom. The molecule has 0 aliphatic heterocycles. The standard InChI is InChI=1S/C12H14Cl2/c1-2-10(8-3-4-8)9-5-6-11(13)12(14)7-9/h5-8,10H,2-4H2,1H3. The molecule has 1 atom stereocenters. The number of hydrogen-bond donors (Lipinski definition) is 0. The largest absolute Gasteiger partial charge is 0.0827 e. The fourth-order valence-corrected chi connectivity index (χ4v) is 2.39. The summed E-state index contributed by atoms with van der Waals surface area (Å²) in [5.74, 6) is 1.57. The van der Waals surface area contributed by atoms with Crippen LogP contribution in [0.3, 0.4) is 0 Å². The van der Waals surface area contributed by atoms with E-state index >= 15 is 0 Å². The Bertz CT molecular complexity index is 329. The number of halogens is 2. The molecule has 1 fully saturated rings. The molecule has 1 unspecified atom stereocenters. The van der Waals surface area contributed by atoms with Gasteiger partial charge in [0.1, 0.15) is 0 Å². The zero-order chi connectivity index (χ0) is 10.1. The molecule has 0 spiro atoms. The van der Waals surface area contributed by atoms with Gasteiger partial charge in [0.15, 0.2) is 0 Å². The van der Waals surface area contributed by atoms with Gasteiger partial charge in [0.05, 0.1) is 10.0 Å². The predicted octanol–water partition coefficient (Wildman–Crippen LogP) is 4.90. The van der Waals surface area contributed by atoms with Crippen LogP contribution in [-0.2, 0) is 0 Å². The second-order valence-corrected chi connectivity index (χ2v) is 4.84. The molecular weight excluding hydrogens is 215 g/mol. The summed E-state index contributed by atoms with van der Waals surface area (Å²) in [6.45, 7) is 2.24. The second kappa shape index (κ2) is 4.12. The molecule has 1 aromatic carbocycles. The Morgan fingerprint density at radius 2 is 2.00 bits per heavy atom. The number of benzene rings is 1. The van der Waals surface area contributed by atoms with E-state index in [-0.39, 0.29) is 0 Å². The SMILES string of the molecule is CCC(c1ccc(Cl)c(Cl)c1)C1CC1. The summed E-state index contributed by atoms with van der Waals surface area (Å²) in [4.78, 5) is 0. The third kappa shape index (κ3) is 2.07. The highest BCUT2D eigenvalue weighted by Crippen LogP contribution is 2.45. The molecule has 0 nitrogen and oxygen atoms in total. The van der Waals surface area contributed by atoms with Crippen LogP contribution in [0, 0.1) is 5.92 Å². The summed E-state index contributed by atoms with van der Waals surface area (Å²) in [5.41, 5.74) is 1.35. The van der Waals surface area contributed by atoms with Crippen molar-refractivity contribution in [2.75, 3.05) is 0 Å². The van der Waals surface area contributed by atoms with Gasteiger partial charge in [0, 0.05) is 0 Å². The van der Waals surface area contributed by atoms with Gasteiger partial charge in [-0.2, -0.15) is 0 Å². The van der Waals surface area contributed by atoms with Crippen molar-refractivity contribution in [3.63, 3.8) is 0 Å². The molecule has 14 heavy (non-hydrogen) atoms. The minimum Gasteiger partial charge on any atom is -0.0827 e. The minimum absolute atomic E-state index is 0.654. The Kier molecular flexibility index (Phi) is 3.04. The van der Waals surface area contributed by atoms with Crippen LogP contribution in [-0.4, -0.2) is 0 Å². The summed E-state index contributed by atoms with van der Waals surface area (Å²) >= 11 is 11.9. The van der Waals surface area contributed by atoms with Gasteiger partial charge in [-0.25, -0.2) is 0 Å². The normalized spacial score (nSPS) is 18.2. The monoisotopic (exact) mass is 228 g/mol. The lowest BCUT2D eigenvalue weighted by Crippen LogP contribution is -1.99. The first-order valence-corrected chi connectivity index (χ1v) is 5.93. The van der Waals surface area contributed by atoms with Crippen LogP contribution in [0.25, 0.3) is 0 Å². The molecule has 1 saturated carbocycles. The molecule has 0 aromatic heterocycles. The second-order valence-electron chi connectivity index (χ2n) is 4.03. The summed E-state index contributed by atoms with van der Waals surface area (Å²) in [5, 5.41) is 1.34. The fraction of sp³-hybridized carbons (Fsp3) is 0.500. The highest BCUT2D eigenvalue weighted by atomic mass is 35.5. The van der Waals surface area contributed by atoms with Gasteiger partial charge < -0.3 is 0 Å². The summed E-state index contributed by atoms with van der Waals surface area (Å²) in [6, 6.07) is 6.04. The molecule has 0 saturated heterocycles. The zero-order valence-corrected chi connectivity index (χ0v) is 9.78. The summed E-state index contributed by atoms with van der Waals surface area (Å²) in [7, 11) is 0. The molecule has 2 heteroatoms. The van der Waals surface area contributed by atoms with E-state index in [1.54, 1.807) is 0 Å². The van der Waals surface area contributed by atoms with Crippen LogP contribution in [0.5, 0.6) is 0 Å². The van der Waals surface area contributed by atoms with Gasteiger partial charge in [-0.15, -0.1) is 0 Å². The van der Waals surface area contributed by atoms with Crippen molar-refractivity contribution in [1.29, 1.82) is 0 Å². The third-order valence-electron chi connectivity index (χ3n) is 3.00. The van der Waals surface area contributed by atoms with E-state index in [2.05, 4.69) is 13.0 Å². The highest BCUT2D eigenvalue weighted by molar-refractivity contribution is 6.42. The molecule has 0 radical (unpaired) electrons. The molecule has 0 bridgehead atoms. The molecule has 76 valence electrons. The molecular formula is C12H14Cl2. The van der Waals surface area contributed by atoms with Crippen LogP contribution in [0.1, 0.15) is 37.7 Å². The third-order valence-corrected chi connectivity index (χ3v) is 3.74. The van der Waals surface area contributed by atoms with Crippen molar-refractivity contribution >= 4 is 23.2 Å². The summed E-state index contributed by atoms with van der Waals surface area (Å²) < 4.78 is 0.